The predicted octanol–water partition coefficient (Wildman–Crippen LogP) is 2.95. The van der Waals surface area contributed by atoms with Gasteiger partial charge in [-0.25, -0.2) is 4.79 Å². The summed E-state index contributed by atoms with van der Waals surface area (Å²) < 4.78 is 0. The van der Waals surface area contributed by atoms with E-state index in [2.05, 4.69) is 53.9 Å². The van der Waals surface area contributed by atoms with Gasteiger partial charge >= 0.3 is 6.03 Å². The summed E-state index contributed by atoms with van der Waals surface area (Å²) in [7, 11) is 0. The van der Waals surface area contributed by atoms with Crippen molar-refractivity contribution < 1.29 is 14.7 Å². The molecular weight excluding hydrogens is 390 g/mol. The number of benzene rings is 2. The van der Waals surface area contributed by atoms with Gasteiger partial charge in [-0.15, -0.1) is 0 Å². The van der Waals surface area contributed by atoms with Crippen LogP contribution in [0.1, 0.15) is 36.5 Å². The lowest BCUT2D eigenvalue weighted by Gasteiger charge is -2.58. The molecule has 0 aromatic heterocycles. The predicted molar refractivity (Wildman–Crippen MR) is 121 cm³/mol. The molecule has 2 aromatic carbocycles. The van der Waals surface area contributed by atoms with Crippen LogP contribution in [-0.4, -0.2) is 64.7 Å². The molecule has 2 aromatic rings. The van der Waals surface area contributed by atoms with E-state index >= 15 is 0 Å². The first-order valence-electron chi connectivity index (χ1n) is 10.8. The average molecular weight is 420 g/mol. The van der Waals surface area contributed by atoms with Gasteiger partial charge < -0.3 is 20.2 Å². The summed E-state index contributed by atoms with van der Waals surface area (Å²) in [6.07, 6.45) is 4.14. The maximum atomic E-state index is 12.7. The fourth-order valence-corrected chi connectivity index (χ4v) is 4.58. The SMILES string of the molecule is CC(C)NC(=O)N1CC(=O)N2[C@H](C1)[C@H](c1ccc(C=Cc3ccccc3)cc1)[C@@H]2CO. The van der Waals surface area contributed by atoms with E-state index < -0.39 is 0 Å². The molecule has 3 atom stereocenters. The highest BCUT2D eigenvalue weighted by molar-refractivity contribution is 5.87. The number of aliphatic hydroxyl groups excluding tert-OH is 1. The lowest BCUT2D eigenvalue weighted by atomic mass is 9.73. The van der Waals surface area contributed by atoms with Crippen LogP contribution in [0.5, 0.6) is 0 Å². The van der Waals surface area contributed by atoms with Gasteiger partial charge in [-0.05, 0) is 30.5 Å². The summed E-state index contributed by atoms with van der Waals surface area (Å²) in [6, 6.07) is 17.8. The molecule has 31 heavy (non-hydrogen) atoms. The van der Waals surface area contributed by atoms with Crippen molar-refractivity contribution in [3.05, 3.63) is 71.3 Å². The van der Waals surface area contributed by atoms with Crippen LogP contribution >= 0.6 is 0 Å². The van der Waals surface area contributed by atoms with Gasteiger partial charge in [-0.1, -0.05) is 66.7 Å². The van der Waals surface area contributed by atoms with E-state index in [4.69, 9.17) is 0 Å². The van der Waals surface area contributed by atoms with Crippen molar-refractivity contribution in [2.75, 3.05) is 19.7 Å². The number of carbonyl (C=O) groups excluding carboxylic acids is 2. The number of amides is 3. The Labute approximate surface area is 183 Å². The zero-order chi connectivity index (χ0) is 22.0. The Morgan fingerprint density at radius 2 is 1.74 bits per heavy atom. The van der Waals surface area contributed by atoms with E-state index in [1.807, 2.05) is 32.0 Å². The van der Waals surface area contributed by atoms with E-state index in [9.17, 15) is 14.7 Å². The van der Waals surface area contributed by atoms with Gasteiger partial charge in [0.05, 0.1) is 18.7 Å². The van der Waals surface area contributed by atoms with Crippen LogP contribution in [0.25, 0.3) is 12.2 Å². The van der Waals surface area contributed by atoms with Crippen LogP contribution in [0.15, 0.2) is 54.6 Å². The molecular formula is C25H29N3O3. The zero-order valence-electron chi connectivity index (χ0n) is 17.9. The number of aliphatic hydroxyl groups is 1. The minimum Gasteiger partial charge on any atom is -0.394 e. The Hall–Kier alpha value is -3.12. The third-order valence-corrected chi connectivity index (χ3v) is 6.04. The Balaban J connectivity index is 1.49. The summed E-state index contributed by atoms with van der Waals surface area (Å²) in [6.45, 7) is 4.25. The highest BCUT2D eigenvalue weighted by atomic mass is 16.3. The number of urea groups is 1. The van der Waals surface area contributed by atoms with Crippen LogP contribution in [0.4, 0.5) is 4.79 Å². The molecule has 2 saturated heterocycles. The van der Waals surface area contributed by atoms with Gasteiger partial charge in [0.25, 0.3) is 0 Å². The van der Waals surface area contributed by atoms with Crippen molar-refractivity contribution in [1.82, 2.24) is 15.1 Å². The standard InChI is InChI=1S/C25H29N3O3/c1-17(2)26-25(31)27-14-21-24(22(16-29)28(21)23(30)15-27)20-12-10-19(11-13-20)9-8-18-6-4-3-5-7-18/h3-13,17,21-22,24,29H,14-16H2,1-2H3,(H,26,31)/t21-,22+,24+/m1/s1. The lowest BCUT2D eigenvalue weighted by Crippen LogP contribution is -2.74. The van der Waals surface area contributed by atoms with Crippen molar-refractivity contribution >= 4 is 24.1 Å². The molecule has 2 aliphatic rings. The molecule has 3 amide bonds. The second kappa shape index (κ2) is 8.94. The van der Waals surface area contributed by atoms with E-state index in [0.717, 1.165) is 16.7 Å². The average Bonchev–Trinajstić information content (AvgIpc) is 2.74. The molecule has 0 radical (unpaired) electrons. The third-order valence-electron chi connectivity index (χ3n) is 6.04. The fraction of sp³-hybridized carbons (Fsp3) is 0.360. The molecule has 6 heteroatoms. The molecule has 0 bridgehead atoms. The summed E-state index contributed by atoms with van der Waals surface area (Å²) in [5.74, 6) is -0.0939. The molecule has 0 unspecified atom stereocenters. The Bertz CT molecular complexity index is 956. The summed E-state index contributed by atoms with van der Waals surface area (Å²) in [5, 5.41) is 12.8. The molecule has 0 aliphatic carbocycles. The fourth-order valence-electron chi connectivity index (χ4n) is 4.58. The van der Waals surface area contributed by atoms with Gasteiger partial charge in [0.1, 0.15) is 6.54 Å². The monoisotopic (exact) mass is 419 g/mol. The van der Waals surface area contributed by atoms with Gasteiger partial charge in [-0.2, -0.15) is 0 Å². The second-order valence-electron chi connectivity index (χ2n) is 8.54. The van der Waals surface area contributed by atoms with Crippen LogP contribution < -0.4 is 5.32 Å². The quantitative estimate of drug-likeness (QED) is 0.732. The van der Waals surface area contributed by atoms with Crippen molar-refractivity contribution in [2.24, 2.45) is 0 Å². The Morgan fingerprint density at radius 3 is 2.35 bits per heavy atom. The van der Waals surface area contributed by atoms with Crippen LogP contribution in [0.2, 0.25) is 0 Å². The molecule has 0 saturated carbocycles. The lowest BCUT2D eigenvalue weighted by molar-refractivity contribution is -0.159. The molecule has 2 aliphatic heterocycles. The number of hydrogen-bond donors (Lipinski definition) is 2. The number of rotatable bonds is 5. The number of fused-ring (bicyclic) bond motifs is 1. The zero-order valence-corrected chi connectivity index (χ0v) is 17.9. The number of nitrogens with one attached hydrogen (secondary N) is 1. The van der Waals surface area contributed by atoms with Crippen LogP contribution in [0, 0.1) is 0 Å². The van der Waals surface area contributed by atoms with Crippen LogP contribution in [-0.2, 0) is 4.79 Å². The van der Waals surface area contributed by atoms with E-state index in [1.54, 1.807) is 9.80 Å². The van der Waals surface area contributed by atoms with Crippen molar-refractivity contribution in [3.8, 4) is 0 Å². The second-order valence-corrected chi connectivity index (χ2v) is 8.54. The molecule has 162 valence electrons. The number of nitrogens with zero attached hydrogens (tertiary/aromatic N) is 2. The molecule has 0 spiro atoms. The van der Waals surface area contributed by atoms with Gasteiger partial charge in [0.2, 0.25) is 5.91 Å². The molecule has 6 nitrogen and oxygen atoms in total. The maximum absolute atomic E-state index is 12.7. The minimum absolute atomic E-state index is 0.00996. The smallest absolute Gasteiger partial charge is 0.318 e. The summed E-state index contributed by atoms with van der Waals surface area (Å²) in [5.41, 5.74) is 3.31. The first-order chi connectivity index (χ1) is 15.0. The number of carbonyl (C=O) groups is 2. The minimum atomic E-state index is -0.237. The van der Waals surface area contributed by atoms with Gasteiger partial charge in [0, 0.05) is 18.5 Å². The third kappa shape index (κ3) is 4.35. The van der Waals surface area contributed by atoms with E-state index in [0.29, 0.717) is 6.54 Å². The van der Waals surface area contributed by atoms with Crippen LogP contribution in [0.3, 0.4) is 0 Å². The Morgan fingerprint density at radius 1 is 1.10 bits per heavy atom. The van der Waals surface area contributed by atoms with Gasteiger partial charge in [-0.3, -0.25) is 4.79 Å². The summed E-state index contributed by atoms with van der Waals surface area (Å²) in [4.78, 5) is 28.4. The number of hydrogen-bond acceptors (Lipinski definition) is 3. The van der Waals surface area contributed by atoms with Gasteiger partial charge in [0.15, 0.2) is 0 Å². The molecule has 4 rings (SSSR count). The molecule has 2 heterocycles. The Kier molecular flexibility index (Phi) is 6.09. The first kappa shape index (κ1) is 21.1. The largest absolute Gasteiger partial charge is 0.394 e. The molecule has 2 N–H and O–H groups in total. The van der Waals surface area contributed by atoms with Crippen molar-refractivity contribution in [3.63, 3.8) is 0 Å². The highest BCUT2D eigenvalue weighted by Gasteiger charge is 2.54. The van der Waals surface area contributed by atoms with Crippen molar-refractivity contribution in [2.45, 2.75) is 37.9 Å². The highest BCUT2D eigenvalue weighted by Crippen LogP contribution is 2.42. The van der Waals surface area contributed by atoms with E-state index in [-0.39, 0.29) is 49.1 Å². The van der Waals surface area contributed by atoms with Crippen molar-refractivity contribution in [1.29, 1.82) is 0 Å². The normalized spacial score (nSPS) is 23.1. The topological polar surface area (TPSA) is 72.9 Å². The summed E-state index contributed by atoms with van der Waals surface area (Å²) >= 11 is 0. The molecule has 2 fully saturated rings. The maximum Gasteiger partial charge on any atom is 0.318 e. The first-order valence-corrected chi connectivity index (χ1v) is 10.8. The van der Waals surface area contributed by atoms with E-state index in [1.165, 1.54) is 0 Å². The number of piperazine rings is 1.